The normalized spacial score (nSPS) is 26.3. The minimum atomic E-state index is -0.363. The van der Waals surface area contributed by atoms with Gasteiger partial charge in [0.25, 0.3) is 5.91 Å². The van der Waals surface area contributed by atoms with Crippen molar-refractivity contribution in [3.63, 3.8) is 0 Å². The summed E-state index contributed by atoms with van der Waals surface area (Å²) in [5.41, 5.74) is 0.145. The van der Waals surface area contributed by atoms with E-state index in [1.807, 2.05) is 19.1 Å². The molecular weight excluding hydrogens is 348 g/mol. The maximum atomic E-state index is 12.4. The fraction of sp³-hybridized carbons (Fsp3) is 0.684. The molecule has 0 saturated carbocycles. The first-order valence-corrected chi connectivity index (χ1v) is 9.73. The summed E-state index contributed by atoms with van der Waals surface area (Å²) < 4.78 is 11.0. The van der Waals surface area contributed by atoms with Gasteiger partial charge in [-0.15, -0.1) is 0 Å². The lowest BCUT2D eigenvalue weighted by molar-refractivity contribution is -0.115. The van der Waals surface area contributed by atoms with E-state index in [0.29, 0.717) is 18.7 Å². The van der Waals surface area contributed by atoms with Crippen LogP contribution in [0.3, 0.4) is 0 Å². The van der Waals surface area contributed by atoms with Crippen LogP contribution in [0.2, 0.25) is 0 Å². The summed E-state index contributed by atoms with van der Waals surface area (Å²) in [6, 6.07) is 4.00. The van der Waals surface area contributed by atoms with Crippen LogP contribution >= 0.6 is 0 Å². The zero-order valence-electron chi connectivity index (χ0n) is 15.9. The molecule has 1 unspecified atom stereocenters. The predicted octanol–water partition coefficient (Wildman–Crippen LogP) is 0.757. The SMILES string of the molecule is Cc1ccc(CN2CCC3(CC(C(=O)NCCN4CCOCC4)=NO3)C2)o1. The average Bonchev–Trinajstić information content (AvgIpc) is 3.38. The summed E-state index contributed by atoms with van der Waals surface area (Å²) in [6.07, 6.45) is 1.45. The summed E-state index contributed by atoms with van der Waals surface area (Å²) >= 11 is 0. The molecule has 2 saturated heterocycles. The van der Waals surface area contributed by atoms with Gasteiger partial charge >= 0.3 is 0 Å². The third-order valence-electron chi connectivity index (χ3n) is 5.49. The number of carbonyl (C=O) groups is 1. The molecule has 4 rings (SSSR count). The molecule has 3 aliphatic heterocycles. The Hall–Kier alpha value is -1.90. The molecule has 0 radical (unpaired) electrons. The van der Waals surface area contributed by atoms with Crippen LogP contribution in [-0.4, -0.2) is 79.5 Å². The number of amides is 1. The quantitative estimate of drug-likeness (QED) is 0.790. The standard InChI is InChI=1S/C19H28N4O4/c1-15-2-3-16(26-15)13-23-6-4-19(14-23)12-17(21-27-19)18(24)20-5-7-22-8-10-25-11-9-22/h2-3H,4-14H2,1H3,(H,20,24). The van der Waals surface area contributed by atoms with Gasteiger partial charge in [0, 0.05) is 52.1 Å². The lowest BCUT2D eigenvalue weighted by atomic mass is 9.96. The molecule has 1 aromatic rings. The molecular formula is C19H28N4O4. The third kappa shape index (κ3) is 4.51. The minimum Gasteiger partial charge on any atom is -0.465 e. The van der Waals surface area contributed by atoms with Crippen molar-refractivity contribution in [2.45, 2.75) is 31.9 Å². The highest BCUT2D eigenvalue weighted by Crippen LogP contribution is 2.34. The van der Waals surface area contributed by atoms with Gasteiger partial charge in [-0.1, -0.05) is 5.16 Å². The average molecular weight is 376 g/mol. The largest absolute Gasteiger partial charge is 0.465 e. The predicted molar refractivity (Wildman–Crippen MR) is 99.5 cm³/mol. The molecule has 1 atom stereocenters. The Bertz CT molecular complexity index is 698. The van der Waals surface area contributed by atoms with Gasteiger partial charge in [-0.05, 0) is 19.1 Å². The van der Waals surface area contributed by atoms with Gasteiger partial charge in [-0.25, -0.2) is 0 Å². The first-order chi connectivity index (χ1) is 13.1. The molecule has 148 valence electrons. The first kappa shape index (κ1) is 18.5. The highest BCUT2D eigenvalue weighted by atomic mass is 16.7. The molecule has 3 aliphatic rings. The van der Waals surface area contributed by atoms with Gasteiger partial charge in [-0.3, -0.25) is 14.6 Å². The van der Waals surface area contributed by atoms with Gasteiger partial charge in [-0.2, -0.15) is 0 Å². The zero-order chi connectivity index (χ0) is 18.7. The van der Waals surface area contributed by atoms with E-state index in [1.165, 1.54) is 0 Å². The van der Waals surface area contributed by atoms with Crippen molar-refractivity contribution in [2.24, 2.45) is 5.16 Å². The van der Waals surface area contributed by atoms with Gasteiger partial charge in [0.15, 0.2) is 5.60 Å². The number of oxime groups is 1. The molecule has 4 heterocycles. The lowest BCUT2D eigenvalue weighted by Crippen LogP contribution is -2.43. The molecule has 8 heteroatoms. The highest BCUT2D eigenvalue weighted by Gasteiger charge is 2.46. The van der Waals surface area contributed by atoms with E-state index in [1.54, 1.807) is 0 Å². The number of carbonyl (C=O) groups excluding carboxylic acids is 1. The van der Waals surface area contributed by atoms with E-state index in [4.69, 9.17) is 14.0 Å². The van der Waals surface area contributed by atoms with Crippen LogP contribution < -0.4 is 5.32 Å². The zero-order valence-corrected chi connectivity index (χ0v) is 15.9. The number of ether oxygens (including phenoxy) is 1. The van der Waals surface area contributed by atoms with Crippen molar-refractivity contribution in [2.75, 3.05) is 52.5 Å². The monoisotopic (exact) mass is 376 g/mol. The van der Waals surface area contributed by atoms with Crippen LogP contribution in [0, 0.1) is 6.92 Å². The Morgan fingerprint density at radius 3 is 2.89 bits per heavy atom. The van der Waals surface area contributed by atoms with Crippen LogP contribution in [0.5, 0.6) is 0 Å². The van der Waals surface area contributed by atoms with E-state index >= 15 is 0 Å². The molecule has 8 nitrogen and oxygen atoms in total. The summed E-state index contributed by atoms with van der Waals surface area (Å²) in [4.78, 5) is 22.7. The number of hydrogen-bond donors (Lipinski definition) is 1. The molecule has 1 spiro atoms. The smallest absolute Gasteiger partial charge is 0.269 e. The summed E-state index contributed by atoms with van der Waals surface area (Å²) in [7, 11) is 0. The fourth-order valence-corrected chi connectivity index (χ4v) is 3.97. The number of rotatable bonds is 6. The molecule has 0 aromatic carbocycles. The number of hydrogen-bond acceptors (Lipinski definition) is 7. The first-order valence-electron chi connectivity index (χ1n) is 9.73. The molecule has 0 aliphatic carbocycles. The number of morpholine rings is 1. The van der Waals surface area contributed by atoms with Gasteiger partial charge in [0.2, 0.25) is 0 Å². The van der Waals surface area contributed by atoms with Crippen LogP contribution in [0.15, 0.2) is 21.7 Å². The summed E-state index contributed by atoms with van der Waals surface area (Å²) in [6.45, 7) is 9.24. The maximum absolute atomic E-state index is 12.4. The second-order valence-electron chi connectivity index (χ2n) is 7.67. The molecule has 1 aromatic heterocycles. The number of nitrogens with zero attached hydrogens (tertiary/aromatic N) is 3. The fourth-order valence-electron chi connectivity index (χ4n) is 3.97. The highest BCUT2D eigenvalue weighted by molar-refractivity contribution is 6.39. The van der Waals surface area contributed by atoms with Crippen LogP contribution in [0.25, 0.3) is 0 Å². The van der Waals surface area contributed by atoms with E-state index in [-0.39, 0.29) is 11.5 Å². The van der Waals surface area contributed by atoms with Crippen molar-refractivity contribution in [3.05, 3.63) is 23.7 Å². The molecule has 2 fully saturated rings. The Kier molecular flexibility index (Phi) is 5.47. The Morgan fingerprint density at radius 1 is 1.26 bits per heavy atom. The van der Waals surface area contributed by atoms with Gasteiger partial charge in [0.05, 0.1) is 19.8 Å². The lowest BCUT2D eigenvalue weighted by Gasteiger charge is -2.26. The van der Waals surface area contributed by atoms with E-state index in [0.717, 1.165) is 70.4 Å². The topological polar surface area (TPSA) is 79.5 Å². The van der Waals surface area contributed by atoms with Crippen molar-refractivity contribution in [1.82, 2.24) is 15.1 Å². The van der Waals surface area contributed by atoms with E-state index in [9.17, 15) is 4.79 Å². The van der Waals surface area contributed by atoms with Crippen molar-refractivity contribution in [3.8, 4) is 0 Å². The number of likely N-dealkylation sites (tertiary alicyclic amines) is 1. The van der Waals surface area contributed by atoms with Crippen LogP contribution in [-0.2, 0) is 20.9 Å². The molecule has 27 heavy (non-hydrogen) atoms. The molecule has 1 amide bonds. The Labute approximate surface area is 159 Å². The number of furan rings is 1. The van der Waals surface area contributed by atoms with Gasteiger partial charge < -0.3 is 19.3 Å². The summed E-state index contributed by atoms with van der Waals surface area (Å²) in [5, 5.41) is 7.07. The summed E-state index contributed by atoms with van der Waals surface area (Å²) in [5.74, 6) is 1.78. The maximum Gasteiger partial charge on any atom is 0.269 e. The minimum absolute atomic E-state index is 0.111. The second kappa shape index (κ2) is 8.00. The number of aryl methyl sites for hydroxylation is 1. The molecule has 0 bridgehead atoms. The Balaban J connectivity index is 1.21. The van der Waals surface area contributed by atoms with Crippen LogP contribution in [0.4, 0.5) is 0 Å². The van der Waals surface area contributed by atoms with Crippen LogP contribution in [0.1, 0.15) is 24.4 Å². The molecule has 1 N–H and O–H groups in total. The van der Waals surface area contributed by atoms with Crippen molar-refractivity contribution < 1.29 is 18.8 Å². The van der Waals surface area contributed by atoms with E-state index in [2.05, 4.69) is 20.3 Å². The van der Waals surface area contributed by atoms with Gasteiger partial charge in [0.1, 0.15) is 17.2 Å². The Morgan fingerprint density at radius 2 is 2.11 bits per heavy atom. The van der Waals surface area contributed by atoms with Crippen molar-refractivity contribution >= 4 is 11.6 Å². The van der Waals surface area contributed by atoms with E-state index < -0.39 is 0 Å². The number of nitrogens with one attached hydrogen (secondary N) is 1. The second-order valence-corrected chi connectivity index (χ2v) is 7.67. The van der Waals surface area contributed by atoms with Crippen molar-refractivity contribution in [1.29, 1.82) is 0 Å². The third-order valence-corrected chi connectivity index (χ3v) is 5.49.